The molecule has 0 aromatic heterocycles. The average Bonchev–Trinajstić information content (AvgIpc) is 3.27. The number of unbranched alkanes of at least 4 members (excludes halogenated alkanes) is 26. The fourth-order valence-electron chi connectivity index (χ4n) is 7.33. The van der Waals surface area contributed by atoms with Gasteiger partial charge in [-0.2, -0.15) is 0 Å². The monoisotopic (exact) mass is 849 g/mol. The molecular weight excluding hydrogens is 749 g/mol. The number of hydrogen-bond acceptors (Lipinski definition) is 4. The molecule has 0 spiro atoms. The molecular formula is C57H100O4. The topological polar surface area (TPSA) is 55.8 Å². The van der Waals surface area contributed by atoms with Gasteiger partial charge in [0, 0.05) is 13.0 Å². The number of ether oxygens (including phenoxy) is 2. The normalized spacial score (nSPS) is 13.0. The van der Waals surface area contributed by atoms with E-state index in [9.17, 15) is 9.90 Å². The van der Waals surface area contributed by atoms with E-state index in [1.54, 1.807) is 0 Å². The highest BCUT2D eigenvalue weighted by Gasteiger charge is 2.13. The van der Waals surface area contributed by atoms with E-state index in [4.69, 9.17) is 9.47 Å². The van der Waals surface area contributed by atoms with Crippen molar-refractivity contribution >= 4 is 5.97 Å². The maximum atomic E-state index is 12.3. The van der Waals surface area contributed by atoms with Crippen molar-refractivity contribution in [2.45, 2.75) is 251 Å². The van der Waals surface area contributed by atoms with Gasteiger partial charge in [0.2, 0.25) is 0 Å². The molecule has 1 unspecified atom stereocenters. The van der Waals surface area contributed by atoms with Crippen molar-refractivity contribution in [3.05, 3.63) is 85.1 Å². The molecule has 4 nitrogen and oxygen atoms in total. The Kier molecular flexibility index (Phi) is 51.6. The summed E-state index contributed by atoms with van der Waals surface area (Å²) in [6.07, 6.45) is 75.3. The van der Waals surface area contributed by atoms with Gasteiger partial charge in [-0.15, -0.1) is 0 Å². The number of allylic oxidation sites excluding steroid dienone is 14. The quantitative estimate of drug-likeness (QED) is 0.0376. The molecule has 0 saturated heterocycles. The standard InChI is InChI=1S/C57H100O4/c1-3-5-7-9-11-13-15-17-19-21-23-25-27-29-30-32-34-36-38-40-42-44-46-48-50-52-57(59)61-56(54-58)55-60-53-51-49-47-45-43-41-39-37-35-33-31-28-26-24-22-20-18-16-14-12-10-8-6-4-2/h6,8,12,14-15,17-18,20-21,23-24,26-27,29,56,58H,3-5,7,9-11,13,16,19,22,25,28,30-55H2,1-2H3/b8-6-,14-12-,17-15-,20-18-,23-21-,26-24-,29-27-. The van der Waals surface area contributed by atoms with Gasteiger partial charge in [-0.3, -0.25) is 4.79 Å². The van der Waals surface area contributed by atoms with Crippen LogP contribution in [-0.2, 0) is 14.3 Å². The van der Waals surface area contributed by atoms with Crippen LogP contribution < -0.4 is 0 Å². The first-order valence-corrected chi connectivity index (χ1v) is 26.2. The Labute approximate surface area is 380 Å². The minimum Gasteiger partial charge on any atom is -0.457 e. The van der Waals surface area contributed by atoms with Crippen molar-refractivity contribution in [2.75, 3.05) is 19.8 Å². The van der Waals surface area contributed by atoms with E-state index in [0.717, 1.165) is 57.8 Å². The minimum atomic E-state index is -0.544. The van der Waals surface area contributed by atoms with E-state index in [0.29, 0.717) is 13.0 Å². The number of hydrogen-bond donors (Lipinski definition) is 1. The summed E-state index contributed by atoms with van der Waals surface area (Å²) in [7, 11) is 0. The Morgan fingerprint density at radius 2 is 0.738 bits per heavy atom. The Morgan fingerprint density at radius 3 is 1.11 bits per heavy atom. The summed E-state index contributed by atoms with van der Waals surface area (Å²) < 4.78 is 11.2. The van der Waals surface area contributed by atoms with Gasteiger partial charge in [-0.1, -0.05) is 234 Å². The molecule has 0 aliphatic heterocycles. The largest absolute Gasteiger partial charge is 0.457 e. The summed E-state index contributed by atoms with van der Waals surface area (Å²) >= 11 is 0. The molecule has 1 atom stereocenters. The molecule has 4 heteroatoms. The second kappa shape index (κ2) is 53.7. The van der Waals surface area contributed by atoms with Crippen molar-refractivity contribution in [1.29, 1.82) is 0 Å². The second-order valence-corrected chi connectivity index (χ2v) is 17.2. The van der Waals surface area contributed by atoms with Gasteiger partial charge < -0.3 is 14.6 Å². The molecule has 0 amide bonds. The smallest absolute Gasteiger partial charge is 0.306 e. The van der Waals surface area contributed by atoms with E-state index in [2.05, 4.69) is 98.9 Å². The van der Waals surface area contributed by atoms with E-state index in [1.165, 1.54) is 167 Å². The van der Waals surface area contributed by atoms with Crippen molar-refractivity contribution in [1.82, 2.24) is 0 Å². The van der Waals surface area contributed by atoms with E-state index >= 15 is 0 Å². The molecule has 0 aliphatic carbocycles. The number of rotatable bonds is 48. The zero-order chi connectivity index (χ0) is 44.0. The highest BCUT2D eigenvalue weighted by atomic mass is 16.6. The zero-order valence-electron chi connectivity index (χ0n) is 40.4. The molecule has 61 heavy (non-hydrogen) atoms. The number of carbonyl (C=O) groups is 1. The fourth-order valence-corrected chi connectivity index (χ4v) is 7.33. The predicted molar refractivity (Wildman–Crippen MR) is 269 cm³/mol. The Hall–Kier alpha value is -2.43. The van der Waals surface area contributed by atoms with Gasteiger partial charge in [0.25, 0.3) is 0 Å². The maximum Gasteiger partial charge on any atom is 0.306 e. The first-order valence-electron chi connectivity index (χ1n) is 26.2. The van der Waals surface area contributed by atoms with Crippen LogP contribution in [0.3, 0.4) is 0 Å². The van der Waals surface area contributed by atoms with Crippen LogP contribution in [0.2, 0.25) is 0 Å². The van der Waals surface area contributed by atoms with Crippen molar-refractivity contribution in [3.63, 3.8) is 0 Å². The van der Waals surface area contributed by atoms with Gasteiger partial charge >= 0.3 is 5.97 Å². The van der Waals surface area contributed by atoms with Crippen LogP contribution in [0.25, 0.3) is 0 Å². The SMILES string of the molecule is CC/C=C\C/C=C\C/C=C\C/C=C\CCCCCCCCCCCCCOCC(CO)OC(=O)CCCCCCCCCCCC/C=C\C/C=C\C/C=C\CCCCCCC. The summed E-state index contributed by atoms with van der Waals surface area (Å²) in [6, 6.07) is 0. The average molecular weight is 849 g/mol. The summed E-state index contributed by atoms with van der Waals surface area (Å²) in [4.78, 5) is 12.3. The number of aliphatic hydroxyl groups is 1. The van der Waals surface area contributed by atoms with Crippen molar-refractivity contribution in [3.8, 4) is 0 Å². The third-order valence-electron chi connectivity index (χ3n) is 11.2. The third kappa shape index (κ3) is 51.8. The lowest BCUT2D eigenvalue weighted by Crippen LogP contribution is -2.27. The van der Waals surface area contributed by atoms with Crippen LogP contribution in [0.5, 0.6) is 0 Å². The Morgan fingerprint density at radius 1 is 0.410 bits per heavy atom. The Bertz CT molecular complexity index is 1080. The van der Waals surface area contributed by atoms with Gasteiger partial charge in [0.1, 0.15) is 6.10 Å². The molecule has 0 saturated carbocycles. The predicted octanol–water partition coefficient (Wildman–Crippen LogP) is 17.9. The van der Waals surface area contributed by atoms with Crippen LogP contribution in [0.15, 0.2) is 85.1 Å². The molecule has 0 bridgehead atoms. The number of aliphatic hydroxyl groups excluding tert-OH is 1. The molecule has 0 heterocycles. The zero-order valence-corrected chi connectivity index (χ0v) is 40.4. The lowest BCUT2D eigenvalue weighted by molar-refractivity contribution is -0.154. The molecule has 0 radical (unpaired) electrons. The number of esters is 1. The van der Waals surface area contributed by atoms with E-state index in [1.807, 2.05) is 0 Å². The first-order chi connectivity index (χ1) is 30.2. The molecule has 0 fully saturated rings. The molecule has 0 aliphatic rings. The van der Waals surface area contributed by atoms with E-state index in [-0.39, 0.29) is 19.2 Å². The van der Waals surface area contributed by atoms with Crippen LogP contribution in [-0.4, -0.2) is 37.0 Å². The van der Waals surface area contributed by atoms with Gasteiger partial charge in [-0.05, 0) is 89.9 Å². The first kappa shape index (κ1) is 58.6. The summed E-state index contributed by atoms with van der Waals surface area (Å²) in [5.74, 6) is -0.206. The van der Waals surface area contributed by atoms with Crippen LogP contribution >= 0.6 is 0 Å². The summed E-state index contributed by atoms with van der Waals surface area (Å²) in [5.41, 5.74) is 0. The Balaban J connectivity index is 3.44. The molecule has 0 aromatic carbocycles. The molecule has 352 valence electrons. The molecule has 1 N–H and O–H groups in total. The lowest BCUT2D eigenvalue weighted by atomic mass is 10.0. The van der Waals surface area contributed by atoms with Crippen LogP contribution in [0.4, 0.5) is 0 Å². The summed E-state index contributed by atoms with van der Waals surface area (Å²) in [5, 5.41) is 9.66. The molecule has 0 aromatic rings. The van der Waals surface area contributed by atoms with E-state index < -0.39 is 6.10 Å². The third-order valence-corrected chi connectivity index (χ3v) is 11.2. The van der Waals surface area contributed by atoms with Gasteiger partial charge in [0.05, 0.1) is 13.2 Å². The second-order valence-electron chi connectivity index (χ2n) is 17.2. The van der Waals surface area contributed by atoms with Gasteiger partial charge in [0.15, 0.2) is 0 Å². The van der Waals surface area contributed by atoms with Crippen LogP contribution in [0.1, 0.15) is 245 Å². The van der Waals surface area contributed by atoms with Crippen molar-refractivity contribution in [2.24, 2.45) is 0 Å². The fraction of sp³-hybridized carbons (Fsp3) is 0.737. The summed E-state index contributed by atoms with van der Waals surface area (Å²) in [6.45, 7) is 5.22. The number of carbonyl (C=O) groups excluding carboxylic acids is 1. The minimum absolute atomic E-state index is 0.178. The highest BCUT2D eigenvalue weighted by Crippen LogP contribution is 2.15. The lowest BCUT2D eigenvalue weighted by Gasteiger charge is -2.16. The van der Waals surface area contributed by atoms with Crippen molar-refractivity contribution < 1.29 is 19.4 Å². The van der Waals surface area contributed by atoms with Crippen LogP contribution in [0, 0.1) is 0 Å². The van der Waals surface area contributed by atoms with Gasteiger partial charge in [-0.25, -0.2) is 0 Å². The maximum absolute atomic E-state index is 12.3. The highest BCUT2D eigenvalue weighted by molar-refractivity contribution is 5.69. The molecule has 0 rings (SSSR count).